The summed E-state index contributed by atoms with van der Waals surface area (Å²) in [5, 5.41) is 2.50. The highest BCUT2D eigenvalue weighted by molar-refractivity contribution is 6.09. The second-order valence-corrected chi connectivity index (χ2v) is 15.8. The van der Waals surface area contributed by atoms with E-state index in [9.17, 15) is 0 Å². The fourth-order valence-electron chi connectivity index (χ4n) is 9.06. The van der Waals surface area contributed by atoms with Gasteiger partial charge in [0, 0.05) is 38.6 Å². The molecule has 3 nitrogen and oxygen atoms in total. The summed E-state index contributed by atoms with van der Waals surface area (Å²) in [4.78, 5) is 10.4. The van der Waals surface area contributed by atoms with E-state index in [1.807, 2.05) is 18.2 Å². The highest BCUT2D eigenvalue weighted by atomic mass is 15.0. The molecule has 0 aliphatic heterocycles. The Bertz CT molecular complexity index is 3120. The van der Waals surface area contributed by atoms with E-state index in [4.69, 9.17) is 9.97 Å². The predicted molar refractivity (Wildman–Crippen MR) is 241 cm³/mol. The molecule has 0 bridgehead atoms. The minimum Gasteiger partial charge on any atom is -0.309 e. The Labute approximate surface area is 338 Å². The summed E-state index contributed by atoms with van der Waals surface area (Å²) < 4.78 is 2.40. The van der Waals surface area contributed by atoms with Crippen molar-refractivity contribution in [1.29, 1.82) is 0 Å². The van der Waals surface area contributed by atoms with E-state index in [0.717, 1.165) is 44.9 Å². The molecule has 0 spiro atoms. The third kappa shape index (κ3) is 5.58. The van der Waals surface area contributed by atoms with Crippen molar-refractivity contribution in [3.05, 3.63) is 211 Å². The van der Waals surface area contributed by atoms with Crippen LogP contribution in [0.5, 0.6) is 0 Å². The van der Waals surface area contributed by atoms with Crippen molar-refractivity contribution < 1.29 is 0 Å². The van der Waals surface area contributed by atoms with Crippen LogP contribution in [0.2, 0.25) is 0 Å². The molecule has 11 rings (SSSR count). The third-order valence-corrected chi connectivity index (χ3v) is 12.0. The van der Waals surface area contributed by atoms with Crippen LogP contribution in [-0.2, 0) is 5.41 Å². The average Bonchev–Trinajstić information content (AvgIpc) is 3.75. The van der Waals surface area contributed by atoms with Gasteiger partial charge >= 0.3 is 0 Å². The van der Waals surface area contributed by atoms with Gasteiger partial charge in [-0.15, -0.1) is 0 Å². The topological polar surface area (TPSA) is 30.7 Å². The molecule has 0 saturated heterocycles. The van der Waals surface area contributed by atoms with Gasteiger partial charge in [0.2, 0.25) is 0 Å². The molecular formula is C55H39N3. The SMILES string of the molecule is CC1(C)c2ccccc2-c2ccc(-c3cc(-c4ccc(-c5cc(-c6ccccc6)cc(-n6c7ccccc7c7ccccc76)c5)cc4)nc(-c4ccccc4)n3)cc21. The van der Waals surface area contributed by atoms with Gasteiger partial charge in [0.05, 0.1) is 22.4 Å². The first kappa shape index (κ1) is 33.9. The zero-order chi connectivity index (χ0) is 38.8. The lowest BCUT2D eigenvalue weighted by atomic mass is 9.82. The number of rotatable bonds is 6. The van der Waals surface area contributed by atoms with Crippen molar-refractivity contribution in [3.63, 3.8) is 0 Å². The lowest BCUT2D eigenvalue weighted by molar-refractivity contribution is 0.660. The molecule has 0 saturated carbocycles. The smallest absolute Gasteiger partial charge is 0.160 e. The third-order valence-electron chi connectivity index (χ3n) is 12.0. The van der Waals surface area contributed by atoms with Crippen LogP contribution < -0.4 is 0 Å². The van der Waals surface area contributed by atoms with E-state index in [-0.39, 0.29) is 5.41 Å². The lowest BCUT2D eigenvalue weighted by Gasteiger charge is -2.22. The molecule has 2 heterocycles. The van der Waals surface area contributed by atoms with Crippen molar-refractivity contribution in [3.8, 4) is 73.0 Å². The standard InChI is InChI=1S/C55H39N3/c1-55(2)48-22-12-9-19-44(48)45-30-29-40(34-49(45)55)51-35-50(56-54(57-51)39-17-7-4-8-18-39)38-27-25-37(26-28-38)42-31-41(36-15-5-3-6-16-36)32-43(33-42)58-52-23-13-10-20-46(52)47-21-11-14-24-53(47)58/h3-35H,1-2H3. The molecule has 3 heteroatoms. The van der Waals surface area contributed by atoms with Crippen LogP contribution in [0.1, 0.15) is 25.0 Å². The molecule has 10 aromatic rings. The molecule has 1 aliphatic carbocycles. The van der Waals surface area contributed by atoms with Crippen molar-refractivity contribution in [1.82, 2.24) is 14.5 Å². The van der Waals surface area contributed by atoms with Gasteiger partial charge in [0.1, 0.15) is 0 Å². The highest BCUT2D eigenvalue weighted by Gasteiger charge is 2.35. The minimum absolute atomic E-state index is 0.102. The first-order valence-corrected chi connectivity index (χ1v) is 20.0. The van der Waals surface area contributed by atoms with E-state index in [0.29, 0.717) is 5.82 Å². The Hall–Kier alpha value is -7.36. The Balaban J connectivity index is 1.03. The fraction of sp³-hybridized carbons (Fsp3) is 0.0545. The van der Waals surface area contributed by atoms with Crippen molar-refractivity contribution in [2.45, 2.75) is 19.3 Å². The molecule has 2 aromatic heterocycles. The van der Waals surface area contributed by atoms with Crippen LogP contribution in [0.25, 0.3) is 94.8 Å². The van der Waals surface area contributed by atoms with Crippen molar-refractivity contribution >= 4 is 21.8 Å². The number of hydrogen-bond donors (Lipinski definition) is 0. The molecule has 0 unspecified atom stereocenters. The van der Waals surface area contributed by atoms with Crippen LogP contribution in [0.15, 0.2) is 200 Å². The number of fused-ring (bicyclic) bond motifs is 6. The zero-order valence-corrected chi connectivity index (χ0v) is 32.4. The van der Waals surface area contributed by atoms with E-state index in [1.54, 1.807) is 0 Å². The van der Waals surface area contributed by atoms with Gasteiger partial charge < -0.3 is 4.57 Å². The molecule has 0 fully saturated rings. The summed E-state index contributed by atoms with van der Waals surface area (Å²) in [6.07, 6.45) is 0. The first-order valence-electron chi connectivity index (χ1n) is 20.0. The molecular weight excluding hydrogens is 703 g/mol. The number of nitrogens with zero attached hydrogens (tertiary/aromatic N) is 3. The Morgan fingerprint density at radius 1 is 0.362 bits per heavy atom. The number of para-hydroxylation sites is 2. The maximum Gasteiger partial charge on any atom is 0.160 e. The number of hydrogen-bond acceptors (Lipinski definition) is 2. The predicted octanol–water partition coefficient (Wildman–Crippen LogP) is 14.2. The van der Waals surface area contributed by atoms with Gasteiger partial charge in [-0.1, -0.05) is 172 Å². The van der Waals surface area contributed by atoms with E-state index in [2.05, 4.69) is 200 Å². The molecule has 274 valence electrons. The van der Waals surface area contributed by atoms with Crippen LogP contribution in [0, 0.1) is 0 Å². The summed E-state index contributed by atoms with van der Waals surface area (Å²) in [6, 6.07) is 72.0. The minimum atomic E-state index is -0.102. The van der Waals surface area contributed by atoms with Gasteiger partial charge in [0.25, 0.3) is 0 Å². The van der Waals surface area contributed by atoms with Gasteiger partial charge in [-0.25, -0.2) is 9.97 Å². The summed E-state index contributed by atoms with van der Waals surface area (Å²) in [6.45, 7) is 4.65. The number of benzene rings is 8. The average molecular weight is 742 g/mol. The summed E-state index contributed by atoms with van der Waals surface area (Å²) >= 11 is 0. The van der Waals surface area contributed by atoms with E-state index < -0.39 is 0 Å². The first-order chi connectivity index (χ1) is 28.5. The summed E-state index contributed by atoms with van der Waals surface area (Å²) in [5.74, 6) is 0.714. The largest absolute Gasteiger partial charge is 0.309 e. The van der Waals surface area contributed by atoms with Crippen LogP contribution in [0.4, 0.5) is 0 Å². The molecule has 0 N–H and O–H groups in total. The van der Waals surface area contributed by atoms with E-state index in [1.165, 1.54) is 55.2 Å². The Kier molecular flexibility index (Phi) is 7.84. The van der Waals surface area contributed by atoms with Gasteiger partial charge in [-0.2, -0.15) is 0 Å². The second kappa shape index (κ2) is 13.4. The van der Waals surface area contributed by atoms with Crippen molar-refractivity contribution in [2.75, 3.05) is 0 Å². The van der Waals surface area contributed by atoms with Gasteiger partial charge in [0.15, 0.2) is 5.82 Å². The molecule has 0 atom stereocenters. The van der Waals surface area contributed by atoms with Crippen molar-refractivity contribution in [2.24, 2.45) is 0 Å². The Morgan fingerprint density at radius 2 is 0.862 bits per heavy atom. The molecule has 8 aromatic carbocycles. The number of aromatic nitrogens is 3. The van der Waals surface area contributed by atoms with Gasteiger partial charge in [-0.05, 0) is 87.0 Å². The molecule has 0 radical (unpaired) electrons. The lowest BCUT2D eigenvalue weighted by Crippen LogP contribution is -2.14. The monoisotopic (exact) mass is 741 g/mol. The maximum absolute atomic E-state index is 5.19. The van der Waals surface area contributed by atoms with Crippen LogP contribution in [-0.4, -0.2) is 14.5 Å². The quantitative estimate of drug-likeness (QED) is 0.170. The van der Waals surface area contributed by atoms with Crippen LogP contribution in [0.3, 0.4) is 0 Å². The summed E-state index contributed by atoms with van der Waals surface area (Å²) in [7, 11) is 0. The molecule has 1 aliphatic rings. The molecule has 58 heavy (non-hydrogen) atoms. The maximum atomic E-state index is 5.19. The van der Waals surface area contributed by atoms with Crippen LogP contribution >= 0.6 is 0 Å². The second-order valence-electron chi connectivity index (χ2n) is 15.8. The van der Waals surface area contributed by atoms with E-state index >= 15 is 0 Å². The normalized spacial score (nSPS) is 12.8. The Morgan fingerprint density at radius 3 is 1.53 bits per heavy atom. The molecule has 0 amide bonds. The fourth-order valence-corrected chi connectivity index (χ4v) is 9.06. The summed E-state index contributed by atoms with van der Waals surface area (Å²) in [5.41, 5.74) is 18.3. The highest BCUT2D eigenvalue weighted by Crippen LogP contribution is 2.49. The van der Waals surface area contributed by atoms with Gasteiger partial charge in [-0.3, -0.25) is 0 Å². The zero-order valence-electron chi connectivity index (χ0n) is 32.4.